The van der Waals surface area contributed by atoms with Crippen LogP contribution < -0.4 is 5.73 Å². The van der Waals surface area contributed by atoms with Crippen molar-refractivity contribution < 1.29 is 9.53 Å². The normalized spacial score (nSPS) is 9.00. The van der Waals surface area contributed by atoms with Crippen molar-refractivity contribution in [3.8, 4) is 0 Å². The summed E-state index contributed by atoms with van der Waals surface area (Å²) in [5, 5.41) is 0. The van der Waals surface area contributed by atoms with E-state index in [-0.39, 0.29) is 0 Å². The first-order chi connectivity index (χ1) is 5.33. The molecule has 66 valence electrons. The fourth-order valence-electron chi connectivity index (χ4n) is 0.207. The van der Waals surface area contributed by atoms with Crippen LogP contribution in [0.25, 0.3) is 0 Å². The minimum absolute atomic E-state index is 0.513. The van der Waals surface area contributed by atoms with Gasteiger partial charge in [0, 0.05) is 7.11 Å². The lowest BCUT2D eigenvalue weighted by Gasteiger charge is -1.81. The lowest BCUT2D eigenvalue weighted by Crippen LogP contribution is -1.93. The number of nitrogens with two attached hydrogens (primary N) is 1. The van der Waals surface area contributed by atoms with E-state index >= 15 is 0 Å². The van der Waals surface area contributed by atoms with Gasteiger partial charge in [0.25, 0.3) is 0 Å². The molecule has 2 N–H and O–H groups in total. The fourth-order valence-corrected chi connectivity index (χ4v) is 0.207. The largest absolute Gasteiger partial charge is 0.381 e. The predicted octanol–water partition coefficient (Wildman–Crippen LogP) is 0.743. The fraction of sp³-hybridized carbons (Fsp3) is 0.625. The Bertz CT molecular complexity index is 90.1. The summed E-state index contributed by atoms with van der Waals surface area (Å²) < 4.78 is 4.60. The van der Waals surface area contributed by atoms with Crippen molar-refractivity contribution in [2.45, 2.75) is 13.3 Å². The summed E-state index contributed by atoms with van der Waals surface area (Å²) in [7, 11) is 1.58. The first kappa shape index (κ1) is 13.0. The number of allylic oxidation sites excluding steroid dienone is 1. The molecule has 0 aromatic rings. The second kappa shape index (κ2) is 16.2. The van der Waals surface area contributed by atoms with E-state index in [0.29, 0.717) is 6.61 Å². The van der Waals surface area contributed by atoms with E-state index in [1.165, 1.54) is 6.08 Å². The van der Waals surface area contributed by atoms with Gasteiger partial charge in [0.2, 0.25) is 0 Å². The molecule has 0 saturated carbocycles. The Balaban J connectivity index is 0. The quantitative estimate of drug-likeness (QED) is 0.486. The molecule has 0 aromatic carbocycles. The van der Waals surface area contributed by atoms with Gasteiger partial charge in [-0.15, -0.1) is 0 Å². The molecule has 3 heteroatoms. The second-order valence-corrected chi connectivity index (χ2v) is 1.81. The molecule has 0 unspecified atom stereocenters. The summed E-state index contributed by atoms with van der Waals surface area (Å²) in [6.07, 6.45) is 4.87. The number of rotatable bonds is 4. The first-order valence-corrected chi connectivity index (χ1v) is 3.62. The molecule has 3 nitrogen and oxygen atoms in total. The minimum Gasteiger partial charge on any atom is -0.381 e. The lowest BCUT2D eigenvalue weighted by molar-refractivity contribution is -0.104. The Hall–Kier alpha value is -0.670. The number of aldehydes is 1. The van der Waals surface area contributed by atoms with Gasteiger partial charge >= 0.3 is 0 Å². The van der Waals surface area contributed by atoms with Gasteiger partial charge in [0.1, 0.15) is 6.29 Å². The van der Waals surface area contributed by atoms with Gasteiger partial charge in [-0.05, 0) is 19.0 Å². The molecule has 0 aliphatic heterocycles. The topological polar surface area (TPSA) is 52.3 Å². The molecule has 0 radical (unpaired) electrons. The second-order valence-electron chi connectivity index (χ2n) is 1.81. The van der Waals surface area contributed by atoms with E-state index in [1.54, 1.807) is 13.2 Å². The van der Waals surface area contributed by atoms with Crippen LogP contribution in [-0.2, 0) is 9.53 Å². The smallest absolute Gasteiger partial charge is 0.142 e. The van der Waals surface area contributed by atoms with Crippen LogP contribution in [0, 0.1) is 0 Å². The zero-order valence-corrected chi connectivity index (χ0v) is 7.25. The van der Waals surface area contributed by atoms with Gasteiger partial charge in [0.05, 0.1) is 6.61 Å². The molecule has 0 rings (SSSR count). The van der Waals surface area contributed by atoms with E-state index < -0.39 is 0 Å². The average molecular weight is 159 g/mol. The number of carbonyl (C=O) groups is 1. The number of hydrogen-bond acceptors (Lipinski definition) is 3. The Morgan fingerprint density at radius 1 is 1.55 bits per heavy atom. The van der Waals surface area contributed by atoms with Gasteiger partial charge < -0.3 is 10.5 Å². The molecule has 0 aliphatic carbocycles. The SMILES string of the molecule is CCCN.COC/C=C\C=O. The molecular weight excluding hydrogens is 142 g/mol. The van der Waals surface area contributed by atoms with Crippen LogP contribution in [0.4, 0.5) is 0 Å². The van der Waals surface area contributed by atoms with Gasteiger partial charge in [-0.3, -0.25) is 4.79 Å². The van der Waals surface area contributed by atoms with Crippen molar-refractivity contribution >= 4 is 6.29 Å². The predicted molar refractivity (Wildman–Crippen MR) is 46.4 cm³/mol. The van der Waals surface area contributed by atoms with Crippen molar-refractivity contribution in [2.75, 3.05) is 20.3 Å². The minimum atomic E-state index is 0.513. The van der Waals surface area contributed by atoms with E-state index in [0.717, 1.165) is 19.3 Å². The zero-order valence-electron chi connectivity index (χ0n) is 7.25. The molecular formula is C8H17NO2. The summed E-state index contributed by atoms with van der Waals surface area (Å²) in [6, 6.07) is 0. The maximum atomic E-state index is 9.54. The van der Waals surface area contributed by atoms with Crippen LogP contribution >= 0.6 is 0 Å². The van der Waals surface area contributed by atoms with E-state index in [4.69, 9.17) is 5.73 Å². The van der Waals surface area contributed by atoms with Crippen molar-refractivity contribution in [1.82, 2.24) is 0 Å². The molecule has 0 amide bonds. The zero-order chi connectivity index (χ0) is 8.95. The Morgan fingerprint density at radius 2 is 2.09 bits per heavy atom. The van der Waals surface area contributed by atoms with Crippen molar-refractivity contribution in [3.05, 3.63) is 12.2 Å². The van der Waals surface area contributed by atoms with Gasteiger partial charge in [-0.1, -0.05) is 13.0 Å². The Kier molecular flexibility index (Phi) is 19.0. The highest BCUT2D eigenvalue weighted by molar-refractivity contribution is 5.64. The Labute approximate surface area is 68.2 Å². The van der Waals surface area contributed by atoms with Crippen LogP contribution in [0.2, 0.25) is 0 Å². The number of methoxy groups -OCH3 is 1. The summed E-state index contributed by atoms with van der Waals surface area (Å²) in [6.45, 7) is 3.39. The lowest BCUT2D eigenvalue weighted by atomic mass is 10.5. The van der Waals surface area contributed by atoms with Gasteiger partial charge in [-0.2, -0.15) is 0 Å². The molecule has 0 fully saturated rings. The van der Waals surface area contributed by atoms with E-state index in [9.17, 15) is 4.79 Å². The van der Waals surface area contributed by atoms with E-state index in [2.05, 4.69) is 11.7 Å². The van der Waals surface area contributed by atoms with Crippen LogP contribution in [-0.4, -0.2) is 26.5 Å². The molecule has 0 spiro atoms. The van der Waals surface area contributed by atoms with Crippen LogP contribution in [0.1, 0.15) is 13.3 Å². The van der Waals surface area contributed by atoms with Crippen molar-refractivity contribution in [3.63, 3.8) is 0 Å². The average Bonchev–Trinajstić information content (AvgIpc) is 2.06. The molecule has 0 bridgehead atoms. The molecule has 0 saturated heterocycles. The summed E-state index contributed by atoms with van der Waals surface area (Å²) in [5.74, 6) is 0. The first-order valence-electron chi connectivity index (χ1n) is 3.62. The number of hydrogen-bond donors (Lipinski definition) is 1. The Morgan fingerprint density at radius 3 is 2.36 bits per heavy atom. The molecule has 0 aromatic heterocycles. The summed E-state index contributed by atoms with van der Waals surface area (Å²) in [5.41, 5.74) is 5.03. The standard InChI is InChI=1S/C5H8O2.C3H9N/c1-7-5-3-2-4-6;1-2-3-4/h2-4H,5H2,1H3;2-4H2,1H3/b3-2-;. The monoisotopic (exact) mass is 159 g/mol. The summed E-state index contributed by atoms with van der Waals surface area (Å²) in [4.78, 5) is 9.54. The molecule has 11 heavy (non-hydrogen) atoms. The molecule has 0 heterocycles. The molecule has 0 aliphatic rings. The highest BCUT2D eigenvalue weighted by atomic mass is 16.5. The van der Waals surface area contributed by atoms with Crippen LogP contribution in [0.3, 0.4) is 0 Å². The summed E-state index contributed by atoms with van der Waals surface area (Å²) >= 11 is 0. The van der Waals surface area contributed by atoms with Crippen molar-refractivity contribution in [2.24, 2.45) is 5.73 Å². The van der Waals surface area contributed by atoms with Gasteiger partial charge in [0.15, 0.2) is 0 Å². The van der Waals surface area contributed by atoms with Crippen LogP contribution in [0.15, 0.2) is 12.2 Å². The third-order valence-electron chi connectivity index (χ3n) is 0.766. The highest BCUT2D eigenvalue weighted by Gasteiger charge is 1.66. The van der Waals surface area contributed by atoms with E-state index in [1.807, 2.05) is 0 Å². The highest BCUT2D eigenvalue weighted by Crippen LogP contribution is 1.67. The van der Waals surface area contributed by atoms with Crippen molar-refractivity contribution in [1.29, 1.82) is 0 Å². The maximum Gasteiger partial charge on any atom is 0.142 e. The molecule has 0 atom stereocenters. The maximum absolute atomic E-state index is 9.54. The number of ether oxygens (including phenoxy) is 1. The third kappa shape index (κ3) is 26.7. The number of carbonyl (C=O) groups excluding carboxylic acids is 1. The van der Waals surface area contributed by atoms with Gasteiger partial charge in [-0.25, -0.2) is 0 Å². The third-order valence-corrected chi connectivity index (χ3v) is 0.766. The van der Waals surface area contributed by atoms with Crippen LogP contribution in [0.5, 0.6) is 0 Å².